The van der Waals surface area contributed by atoms with Gasteiger partial charge in [0.25, 0.3) is 0 Å². The van der Waals surface area contributed by atoms with Gasteiger partial charge >= 0.3 is 5.43 Å². The van der Waals surface area contributed by atoms with Gasteiger partial charge in [-0.25, -0.2) is 4.79 Å². The molecular formula is CHClNaO2. The Kier molecular flexibility index (Phi) is 8.79. The van der Waals surface area contributed by atoms with E-state index in [0.717, 1.165) is 0 Å². The Balaban J connectivity index is 0. The van der Waals surface area contributed by atoms with Gasteiger partial charge in [-0.2, -0.15) is 0 Å². The van der Waals surface area contributed by atoms with Crippen molar-refractivity contribution in [2.75, 3.05) is 0 Å². The van der Waals surface area contributed by atoms with Crippen molar-refractivity contribution in [2.45, 2.75) is 0 Å². The molecule has 0 saturated heterocycles. The Morgan fingerprint density at radius 2 is 1.80 bits per heavy atom. The molecule has 0 bridgehead atoms. The molecule has 0 atom stereocenters. The van der Waals surface area contributed by atoms with Crippen LogP contribution >= 0.6 is 11.6 Å². The summed E-state index contributed by atoms with van der Waals surface area (Å²) in [4.78, 5) is 8.77. The number of carboxylic acid groups (broad SMARTS) is 1. The summed E-state index contributed by atoms with van der Waals surface area (Å²) in [7, 11) is 0. The van der Waals surface area contributed by atoms with Crippen molar-refractivity contribution in [3.05, 3.63) is 0 Å². The molecule has 4 heteroatoms. The summed E-state index contributed by atoms with van der Waals surface area (Å²) in [6.45, 7) is 0. The number of hydrogen-bond acceptors (Lipinski definition) is 1. The van der Waals surface area contributed by atoms with E-state index >= 15 is 0 Å². The number of carbonyl (C=O) groups is 1. The van der Waals surface area contributed by atoms with Crippen molar-refractivity contribution in [1.29, 1.82) is 0 Å². The minimum Gasteiger partial charge on any atom is -0.469 e. The molecule has 0 aliphatic rings. The van der Waals surface area contributed by atoms with Gasteiger partial charge in [0.05, 0.1) is 0 Å². The van der Waals surface area contributed by atoms with E-state index < -0.39 is 5.43 Å². The second kappa shape index (κ2) is 4.76. The van der Waals surface area contributed by atoms with Gasteiger partial charge < -0.3 is 5.11 Å². The van der Waals surface area contributed by atoms with Gasteiger partial charge in [0, 0.05) is 41.2 Å². The summed E-state index contributed by atoms with van der Waals surface area (Å²) in [5.41, 5.74) is -1.36. The second-order valence-corrected chi connectivity index (χ2v) is 0.576. The van der Waals surface area contributed by atoms with E-state index in [9.17, 15) is 0 Å². The van der Waals surface area contributed by atoms with Gasteiger partial charge in [0.2, 0.25) is 0 Å². The van der Waals surface area contributed by atoms with Gasteiger partial charge in [-0.3, -0.25) is 0 Å². The third-order valence-electron chi connectivity index (χ3n) is 0. The fraction of sp³-hybridized carbons (Fsp3) is 0. The zero-order valence-corrected chi connectivity index (χ0v) is 5.49. The number of rotatable bonds is 0. The van der Waals surface area contributed by atoms with Crippen LogP contribution in [0, 0.1) is 0 Å². The SMILES string of the molecule is O=C(O)Cl.[Na]. The monoisotopic (exact) mass is 103 g/mol. The molecular weight excluding hydrogens is 102 g/mol. The Labute approximate surface area is 56.4 Å². The molecule has 0 aromatic heterocycles. The minimum absolute atomic E-state index is 0. The van der Waals surface area contributed by atoms with Crippen LogP contribution in [0.1, 0.15) is 0 Å². The first-order chi connectivity index (χ1) is 1.73. The minimum atomic E-state index is -1.36. The first kappa shape index (κ1) is 9.23. The molecule has 0 unspecified atom stereocenters. The molecule has 0 heterocycles. The van der Waals surface area contributed by atoms with Gasteiger partial charge in [-0.1, -0.05) is 0 Å². The average molecular weight is 103 g/mol. The molecule has 0 aromatic rings. The Morgan fingerprint density at radius 1 is 1.80 bits per heavy atom. The molecule has 5 heavy (non-hydrogen) atoms. The third kappa shape index (κ3) is 62.8. The van der Waals surface area contributed by atoms with E-state index in [1.54, 1.807) is 0 Å². The molecule has 0 spiro atoms. The van der Waals surface area contributed by atoms with Crippen LogP contribution in [-0.4, -0.2) is 40.1 Å². The molecule has 0 rings (SSSR count). The van der Waals surface area contributed by atoms with Crippen molar-refractivity contribution >= 4 is 46.6 Å². The van der Waals surface area contributed by atoms with E-state index in [4.69, 9.17) is 9.90 Å². The maximum absolute atomic E-state index is 8.77. The predicted molar refractivity (Wildman–Crippen MR) is 19.6 cm³/mol. The van der Waals surface area contributed by atoms with Gasteiger partial charge in [-0.05, 0) is 0 Å². The third-order valence-corrected chi connectivity index (χ3v) is 0. The summed E-state index contributed by atoms with van der Waals surface area (Å²) in [6.07, 6.45) is 0. The topological polar surface area (TPSA) is 37.3 Å². The number of halogens is 1. The van der Waals surface area contributed by atoms with Crippen LogP contribution < -0.4 is 0 Å². The van der Waals surface area contributed by atoms with Crippen molar-refractivity contribution in [1.82, 2.24) is 0 Å². The summed E-state index contributed by atoms with van der Waals surface area (Å²) in [5.74, 6) is 0. The molecule has 0 aliphatic heterocycles. The van der Waals surface area contributed by atoms with Crippen molar-refractivity contribution in [3.8, 4) is 0 Å². The zero-order valence-electron chi connectivity index (χ0n) is 2.73. The van der Waals surface area contributed by atoms with Crippen LogP contribution in [-0.2, 0) is 0 Å². The summed E-state index contributed by atoms with van der Waals surface area (Å²) in [5, 5.41) is 7.18. The predicted octanol–water partition coefficient (Wildman–Crippen LogP) is 0.522. The zero-order chi connectivity index (χ0) is 3.58. The molecule has 0 aliphatic carbocycles. The molecule has 0 aromatic carbocycles. The average Bonchev–Trinajstić information content (AvgIpc) is 0.811. The van der Waals surface area contributed by atoms with E-state index in [1.165, 1.54) is 0 Å². The van der Waals surface area contributed by atoms with E-state index in [2.05, 4.69) is 11.6 Å². The second-order valence-electron chi connectivity index (χ2n) is 0.253. The molecule has 2 nitrogen and oxygen atoms in total. The fourth-order valence-electron chi connectivity index (χ4n) is 0. The standard InChI is InChI=1S/CHClO2.Na/c2-1(3)4;/h(H,3,4);. The van der Waals surface area contributed by atoms with Crippen molar-refractivity contribution < 1.29 is 9.90 Å². The summed E-state index contributed by atoms with van der Waals surface area (Å²) >= 11 is 4.19. The Morgan fingerprint density at radius 3 is 1.80 bits per heavy atom. The smallest absolute Gasteiger partial charge is 0.401 e. The summed E-state index contributed by atoms with van der Waals surface area (Å²) in [6, 6.07) is 0. The normalized spacial score (nSPS) is 5.00. The van der Waals surface area contributed by atoms with Gasteiger partial charge in [-0.15, -0.1) is 0 Å². The Hall–Kier alpha value is 0.760. The first-order valence-electron chi connectivity index (χ1n) is 0.617. The molecule has 1 radical (unpaired) electrons. The van der Waals surface area contributed by atoms with Gasteiger partial charge in [0.15, 0.2) is 0 Å². The van der Waals surface area contributed by atoms with Crippen LogP contribution in [0.5, 0.6) is 0 Å². The molecule has 1 N–H and O–H groups in total. The van der Waals surface area contributed by atoms with Crippen LogP contribution in [0.2, 0.25) is 0 Å². The molecule has 0 amide bonds. The van der Waals surface area contributed by atoms with Crippen LogP contribution in [0.3, 0.4) is 0 Å². The van der Waals surface area contributed by atoms with E-state index in [-0.39, 0.29) is 29.6 Å². The molecule has 25 valence electrons. The first-order valence-corrected chi connectivity index (χ1v) is 0.995. The fourth-order valence-corrected chi connectivity index (χ4v) is 0. The quantitative estimate of drug-likeness (QED) is 0.359. The van der Waals surface area contributed by atoms with Crippen molar-refractivity contribution in [3.63, 3.8) is 0 Å². The molecule has 0 saturated carbocycles. The Bertz CT molecular complexity index is 32.6. The van der Waals surface area contributed by atoms with E-state index in [1.807, 2.05) is 0 Å². The van der Waals surface area contributed by atoms with Crippen LogP contribution in [0.25, 0.3) is 0 Å². The molecule has 0 fully saturated rings. The number of hydrogen-bond donors (Lipinski definition) is 1. The van der Waals surface area contributed by atoms with Gasteiger partial charge in [0.1, 0.15) is 0 Å². The maximum atomic E-state index is 8.77. The summed E-state index contributed by atoms with van der Waals surface area (Å²) < 4.78 is 0. The largest absolute Gasteiger partial charge is 0.469 e. The van der Waals surface area contributed by atoms with Crippen LogP contribution in [0.4, 0.5) is 4.79 Å². The van der Waals surface area contributed by atoms with Crippen molar-refractivity contribution in [2.24, 2.45) is 0 Å². The van der Waals surface area contributed by atoms with E-state index in [0.29, 0.717) is 0 Å². The maximum Gasteiger partial charge on any atom is 0.401 e. The van der Waals surface area contributed by atoms with Crippen LogP contribution in [0.15, 0.2) is 0 Å².